The first kappa shape index (κ1) is 15.5. The van der Waals surface area contributed by atoms with Crippen LogP contribution in [0.5, 0.6) is 0 Å². The van der Waals surface area contributed by atoms with Crippen molar-refractivity contribution in [3.63, 3.8) is 0 Å². The van der Waals surface area contributed by atoms with E-state index in [1.54, 1.807) is 23.6 Å². The van der Waals surface area contributed by atoms with Crippen molar-refractivity contribution in [1.29, 1.82) is 0 Å². The maximum absolute atomic E-state index is 11.6. The number of carbonyl (C=O) groups excluding carboxylic acids is 1. The predicted molar refractivity (Wildman–Crippen MR) is 82.9 cm³/mol. The van der Waals surface area contributed by atoms with Gasteiger partial charge in [-0.2, -0.15) is 0 Å². The monoisotopic (exact) mass is 325 g/mol. The number of carbonyl (C=O) groups is 1. The number of nitrogens with two attached hydrogens (primary N) is 1. The molecule has 2 aromatic rings. The molecule has 0 atom stereocenters. The molecule has 1 aromatic carbocycles. The highest BCUT2D eigenvalue weighted by atomic mass is 32.2. The zero-order valence-electron chi connectivity index (χ0n) is 11.3. The van der Waals surface area contributed by atoms with E-state index >= 15 is 0 Å². The average molecular weight is 325 g/mol. The highest BCUT2D eigenvalue weighted by Crippen LogP contribution is 2.18. The number of amides is 1. The van der Waals surface area contributed by atoms with Crippen LogP contribution in [0, 0.1) is 0 Å². The fourth-order valence-corrected chi connectivity index (χ4v) is 3.20. The lowest BCUT2D eigenvalue weighted by Crippen LogP contribution is -2.18. The standard InChI is InChI=1S/C13H15N3O3S2/c1-15-21(18,19)12-4-2-10(3-5-12)16-7-11-6-9(8-20-11)13(14)17/h2-6,8,15-16H,7H2,1H3,(H2,14,17). The Kier molecular flexibility index (Phi) is 4.61. The summed E-state index contributed by atoms with van der Waals surface area (Å²) >= 11 is 1.44. The van der Waals surface area contributed by atoms with Gasteiger partial charge in [0.15, 0.2) is 0 Å². The minimum atomic E-state index is -3.42. The summed E-state index contributed by atoms with van der Waals surface area (Å²) in [6.07, 6.45) is 0. The average Bonchev–Trinajstić information content (AvgIpc) is 2.95. The van der Waals surface area contributed by atoms with Crippen molar-refractivity contribution in [2.24, 2.45) is 5.73 Å². The molecule has 0 saturated carbocycles. The number of hydrogen-bond donors (Lipinski definition) is 3. The van der Waals surface area contributed by atoms with Gasteiger partial charge in [-0.3, -0.25) is 4.79 Å². The molecule has 1 amide bonds. The molecule has 4 N–H and O–H groups in total. The minimum absolute atomic E-state index is 0.211. The number of hydrogen-bond acceptors (Lipinski definition) is 5. The zero-order chi connectivity index (χ0) is 15.5. The van der Waals surface area contributed by atoms with Gasteiger partial charge in [0.2, 0.25) is 15.9 Å². The maximum Gasteiger partial charge on any atom is 0.249 e. The number of anilines is 1. The molecular formula is C13H15N3O3S2. The second kappa shape index (κ2) is 6.25. The van der Waals surface area contributed by atoms with Crippen molar-refractivity contribution in [1.82, 2.24) is 4.72 Å². The molecule has 21 heavy (non-hydrogen) atoms. The van der Waals surface area contributed by atoms with Gasteiger partial charge in [0.05, 0.1) is 10.5 Å². The first-order chi connectivity index (χ1) is 9.92. The topological polar surface area (TPSA) is 101 Å². The molecule has 1 aromatic heterocycles. The van der Waals surface area contributed by atoms with Crippen LogP contribution in [-0.2, 0) is 16.6 Å². The molecule has 8 heteroatoms. The van der Waals surface area contributed by atoms with E-state index in [9.17, 15) is 13.2 Å². The summed E-state index contributed by atoms with van der Waals surface area (Å²) in [5, 5.41) is 4.86. The van der Waals surface area contributed by atoms with Gasteiger partial charge in [0.25, 0.3) is 0 Å². The second-order valence-corrected chi connectivity index (χ2v) is 7.13. The number of benzene rings is 1. The van der Waals surface area contributed by atoms with E-state index in [1.807, 2.05) is 0 Å². The van der Waals surface area contributed by atoms with Crippen LogP contribution >= 0.6 is 11.3 Å². The fraction of sp³-hybridized carbons (Fsp3) is 0.154. The highest BCUT2D eigenvalue weighted by Gasteiger charge is 2.10. The van der Waals surface area contributed by atoms with Crippen molar-refractivity contribution >= 4 is 33.0 Å². The summed E-state index contributed by atoms with van der Waals surface area (Å²) in [7, 11) is -2.05. The fourth-order valence-electron chi connectivity index (χ4n) is 1.66. The second-order valence-electron chi connectivity index (χ2n) is 4.25. The molecule has 112 valence electrons. The van der Waals surface area contributed by atoms with Crippen LogP contribution < -0.4 is 15.8 Å². The predicted octanol–water partition coefficient (Wildman–Crippen LogP) is 1.37. The molecular weight excluding hydrogens is 310 g/mol. The smallest absolute Gasteiger partial charge is 0.249 e. The van der Waals surface area contributed by atoms with E-state index in [4.69, 9.17) is 5.73 Å². The van der Waals surface area contributed by atoms with Crippen LogP contribution in [0.4, 0.5) is 5.69 Å². The normalized spacial score (nSPS) is 11.3. The SMILES string of the molecule is CNS(=O)(=O)c1ccc(NCc2cc(C(N)=O)cs2)cc1. The van der Waals surface area contributed by atoms with Gasteiger partial charge in [0.1, 0.15) is 0 Å². The molecule has 0 spiro atoms. The third-order valence-corrected chi connectivity index (χ3v) is 5.21. The van der Waals surface area contributed by atoms with E-state index < -0.39 is 15.9 Å². The summed E-state index contributed by atoms with van der Waals surface area (Å²) in [6, 6.07) is 8.16. The van der Waals surface area contributed by atoms with Gasteiger partial charge < -0.3 is 11.1 Å². The number of nitrogens with one attached hydrogen (secondary N) is 2. The summed E-state index contributed by atoms with van der Waals surface area (Å²) in [6.45, 7) is 0.538. The third kappa shape index (κ3) is 3.81. The van der Waals surface area contributed by atoms with Gasteiger partial charge in [-0.25, -0.2) is 13.1 Å². The minimum Gasteiger partial charge on any atom is -0.380 e. The lowest BCUT2D eigenvalue weighted by Gasteiger charge is -2.06. The largest absolute Gasteiger partial charge is 0.380 e. The van der Waals surface area contributed by atoms with Gasteiger partial charge in [-0.1, -0.05) is 0 Å². The van der Waals surface area contributed by atoms with Gasteiger partial charge in [-0.05, 0) is 37.4 Å². The number of thiophene rings is 1. The Morgan fingerprint density at radius 2 is 1.95 bits per heavy atom. The van der Waals surface area contributed by atoms with Crippen molar-refractivity contribution in [2.75, 3.05) is 12.4 Å². The van der Waals surface area contributed by atoms with Crippen LogP contribution in [-0.4, -0.2) is 21.4 Å². The molecule has 0 radical (unpaired) electrons. The Hall–Kier alpha value is -1.90. The number of sulfonamides is 1. The van der Waals surface area contributed by atoms with E-state index in [2.05, 4.69) is 10.0 Å². The van der Waals surface area contributed by atoms with Crippen LogP contribution in [0.3, 0.4) is 0 Å². The number of primary amides is 1. The van der Waals surface area contributed by atoms with Gasteiger partial charge in [-0.15, -0.1) is 11.3 Å². The first-order valence-electron chi connectivity index (χ1n) is 6.07. The lowest BCUT2D eigenvalue weighted by atomic mass is 10.3. The Morgan fingerprint density at radius 3 is 2.48 bits per heavy atom. The van der Waals surface area contributed by atoms with Crippen molar-refractivity contribution in [3.05, 3.63) is 46.2 Å². The Labute approximate surface area is 127 Å². The summed E-state index contributed by atoms with van der Waals surface area (Å²) in [4.78, 5) is 12.2. The van der Waals surface area contributed by atoms with Gasteiger partial charge in [0, 0.05) is 22.5 Å². The first-order valence-corrected chi connectivity index (χ1v) is 8.43. The molecule has 0 bridgehead atoms. The Balaban J connectivity index is 2.02. The van der Waals surface area contributed by atoms with E-state index in [0.29, 0.717) is 12.1 Å². The van der Waals surface area contributed by atoms with E-state index in [-0.39, 0.29) is 4.90 Å². The zero-order valence-corrected chi connectivity index (χ0v) is 12.9. The van der Waals surface area contributed by atoms with Crippen LogP contribution in [0.25, 0.3) is 0 Å². The highest BCUT2D eigenvalue weighted by molar-refractivity contribution is 7.89. The van der Waals surface area contributed by atoms with Crippen LogP contribution in [0.2, 0.25) is 0 Å². The van der Waals surface area contributed by atoms with Crippen molar-refractivity contribution < 1.29 is 13.2 Å². The molecule has 1 heterocycles. The van der Waals surface area contributed by atoms with Crippen LogP contribution in [0.15, 0.2) is 40.6 Å². The molecule has 0 unspecified atom stereocenters. The maximum atomic E-state index is 11.6. The third-order valence-electron chi connectivity index (χ3n) is 2.84. The number of rotatable bonds is 6. The summed E-state index contributed by atoms with van der Waals surface area (Å²) in [5.74, 6) is -0.445. The molecule has 0 aliphatic carbocycles. The Bertz CT molecular complexity index is 736. The molecule has 2 rings (SSSR count). The molecule has 0 fully saturated rings. The molecule has 0 aliphatic heterocycles. The molecule has 6 nitrogen and oxygen atoms in total. The van der Waals surface area contributed by atoms with Crippen molar-refractivity contribution in [3.8, 4) is 0 Å². The summed E-state index contributed by atoms with van der Waals surface area (Å²) < 4.78 is 25.4. The van der Waals surface area contributed by atoms with E-state index in [1.165, 1.54) is 30.5 Å². The molecule has 0 aliphatic rings. The van der Waals surface area contributed by atoms with Crippen LogP contribution in [0.1, 0.15) is 15.2 Å². The quantitative estimate of drug-likeness (QED) is 0.746. The summed E-state index contributed by atoms with van der Waals surface area (Å²) in [5.41, 5.74) is 6.47. The van der Waals surface area contributed by atoms with E-state index in [0.717, 1.165) is 10.6 Å². The van der Waals surface area contributed by atoms with Gasteiger partial charge >= 0.3 is 0 Å². The van der Waals surface area contributed by atoms with Crippen molar-refractivity contribution in [2.45, 2.75) is 11.4 Å². The Morgan fingerprint density at radius 1 is 1.29 bits per heavy atom. The molecule has 0 saturated heterocycles. The lowest BCUT2D eigenvalue weighted by molar-refractivity contribution is 0.100.